The van der Waals surface area contributed by atoms with Crippen LogP contribution in [0.2, 0.25) is 0 Å². The molecule has 0 radical (unpaired) electrons. The number of nitrogens with two attached hydrogens (primary N) is 1. The van der Waals surface area contributed by atoms with Gasteiger partial charge < -0.3 is 15.5 Å². The van der Waals surface area contributed by atoms with Crippen molar-refractivity contribution in [3.8, 4) is 0 Å². The SMILES string of the molecule is Cn1c(=O)n(CC2CCC(C(=O)N3CCN(c4ccncc4)CC3)CC2)c2cc(N)ccc21. The van der Waals surface area contributed by atoms with E-state index in [0.29, 0.717) is 24.1 Å². The van der Waals surface area contributed by atoms with E-state index in [1.54, 1.807) is 11.6 Å². The number of carbonyl (C=O) groups is 1. The maximum atomic E-state index is 13.2. The summed E-state index contributed by atoms with van der Waals surface area (Å²) >= 11 is 0. The smallest absolute Gasteiger partial charge is 0.328 e. The van der Waals surface area contributed by atoms with Gasteiger partial charge in [0.05, 0.1) is 11.0 Å². The summed E-state index contributed by atoms with van der Waals surface area (Å²) in [4.78, 5) is 34.4. The van der Waals surface area contributed by atoms with Gasteiger partial charge in [-0.15, -0.1) is 0 Å². The normalized spacial score (nSPS) is 21.5. The summed E-state index contributed by atoms with van der Waals surface area (Å²) in [6.45, 7) is 3.95. The fourth-order valence-electron chi connectivity index (χ4n) is 5.45. The zero-order chi connectivity index (χ0) is 22.9. The van der Waals surface area contributed by atoms with E-state index < -0.39 is 0 Å². The van der Waals surface area contributed by atoms with Gasteiger partial charge in [0.1, 0.15) is 0 Å². The van der Waals surface area contributed by atoms with Crippen LogP contribution < -0.4 is 16.3 Å². The molecule has 2 fully saturated rings. The number of nitrogens with zero attached hydrogens (tertiary/aromatic N) is 5. The second-order valence-electron chi connectivity index (χ2n) is 9.44. The molecule has 5 rings (SSSR count). The fourth-order valence-corrected chi connectivity index (χ4v) is 5.45. The zero-order valence-electron chi connectivity index (χ0n) is 19.2. The van der Waals surface area contributed by atoms with E-state index in [1.165, 1.54) is 5.69 Å². The number of pyridine rings is 1. The monoisotopic (exact) mass is 448 g/mol. The molecule has 0 unspecified atom stereocenters. The molecule has 1 aliphatic carbocycles. The third kappa shape index (κ3) is 4.21. The Balaban J connectivity index is 1.17. The molecule has 1 aromatic carbocycles. The van der Waals surface area contributed by atoms with Gasteiger partial charge in [-0.1, -0.05) is 0 Å². The standard InChI is InChI=1S/C25H32N6O2/c1-28-22-7-6-20(26)16-23(22)31(25(28)33)17-18-2-4-19(5-3-18)24(32)30-14-12-29(13-15-30)21-8-10-27-11-9-21/h6-11,16,18-19H,2-5,12-15,17,26H2,1H3. The van der Waals surface area contributed by atoms with Gasteiger partial charge in [0.2, 0.25) is 5.91 Å². The van der Waals surface area contributed by atoms with Crippen molar-refractivity contribution in [1.82, 2.24) is 19.0 Å². The highest BCUT2D eigenvalue weighted by molar-refractivity contribution is 5.80. The van der Waals surface area contributed by atoms with Crippen molar-refractivity contribution >= 4 is 28.3 Å². The average Bonchev–Trinajstić information content (AvgIpc) is 3.09. The third-order valence-electron chi connectivity index (χ3n) is 7.43. The number of rotatable bonds is 4. The molecule has 3 heterocycles. The molecule has 1 saturated heterocycles. The molecule has 1 amide bonds. The molecule has 3 aromatic rings. The molecule has 174 valence electrons. The van der Waals surface area contributed by atoms with Crippen molar-refractivity contribution in [1.29, 1.82) is 0 Å². The molecule has 0 bridgehead atoms. The number of carbonyl (C=O) groups excluding carboxylic acids is 1. The van der Waals surface area contributed by atoms with Crippen LogP contribution in [-0.2, 0) is 18.4 Å². The van der Waals surface area contributed by atoms with Crippen LogP contribution in [0.15, 0.2) is 47.5 Å². The Bertz CT molecular complexity index is 1180. The fraction of sp³-hybridized carbons (Fsp3) is 0.480. The first-order chi connectivity index (χ1) is 16.0. The second kappa shape index (κ2) is 8.92. The average molecular weight is 449 g/mol. The van der Waals surface area contributed by atoms with Crippen LogP contribution in [0.5, 0.6) is 0 Å². The summed E-state index contributed by atoms with van der Waals surface area (Å²) in [5, 5.41) is 0. The lowest BCUT2D eigenvalue weighted by molar-refractivity contribution is -0.137. The number of nitrogen functional groups attached to an aromatic ring is 1. The molecule has 2 aliphatic rings. The molecule has 2 N–H and O–H groups in total. The summed E-state index contributed by atoms with van der Waals surface area (Å²) < 4.78 is 3.55. The molecular weight excluding hydrogens is 416 g/mol. The number of hydrogen-bond donors (Lipinski definition) is 1. The number of piperazine rings is 1. The first kappa shape index (κ1) is 21.6. The Morgan fingerprint density at radius 3 is 2.39 bits per heavy atom. The number of fused-ring (bicyclic) bond motifs is 1. The van der Waals surface area contributed by atoms with E-state index in [-0.39, 0.29) is 11.6 Å². The van der Waals surface area contributed by atoms with Gasteiger partial charge in [0, 0.05) is 69.5 Å². The van der Waals surface area contributed by atoms with E-state index in [2.05, 4.69) is 9.88 Å². The van der Waals surface area contributed by atoms with Gasteiger partial charge >= 0.3 is 5.69 Å². The second-order valence-corrected chi connectivity index (χ2v) is 9.44. The maximum Gasteiger partial charge on any atom is 0.328 e. The number of anilines is 2. The summed E-state index contributed by atoms with van der Waals surface area (Å²) in [6.07, 6.45) is 7.36. The molecule has 0 atom stereocenters. The van der Waals surface area contributed by atoms with Gasteiger partial charge in [-0.05, 0) is 61.9 Å². The highest BCUT2D eigenvalue weighted by Crippen LogP contribution is 2.32. The summed E-state index contributed by atoms with van der Waals surface area (Å²) in [6, 6.07) is 9.67. The minimum Gasteiger partial charge on any atom is -0.399 e. The first-order valence-corrected chi connectivity index (χ1v) is 11.9. The Kier molecular flexibility index (Phi) is 5.83. The predicted molar refractivity (Wildman–Crippen MR) is 130 cm³/mol. The Labute approximate surface area is 193 Å². The summed E-state index contributed by atoms with van der Waals surface area (Å²) in [7, 11) is 1.81. The maximum absolute atomic E-state index is 13.2. The Morgan fingerprint density at radius 1 is 1.00 bits per heavy atom. The van der Waals surface area contributed by atoms with Crippen molar-refractivity contribution in [2.45, 2.75) is 32.2 Å². The minimum absolute atomic E-state index is 0.000804. The highest BCUT2D eigenvalue weighted by atomic mass is 16.2. The van der Waals surface area contributed by atoms with Crippen LogP contribution in [0.25, 0.3) is 11.0 Å². The molecule has 0 spiro atoms. The van der Waals surface area contributed by atoms with Gasteiger partial charge in [0.15, 0.2) is 0 Å². The van der Waals surface area contributed by atoms with E-state index in [9.17, 15) is 9.59 Å². The van der Waals surface area contributed by atoms with Crippen molar-refractivity contribution in [2.24, 2.45) is 18.9 Å². The van der Waals surface area contributed by atoms with Crippen LogP contribution in [0.4, 0.5) is 11.4 Å². The lowest BCUT2D eigenvalue weighted by atomic mass is 9.81. The number of benzene rings is 1. The van der Waals surface area contributed by atoms with E-state index in [4.69, 9.17) is 5.73 Å². The number of aromatic nitrogens is 3. The molecule has 1 saturated carbocycles. The molecule has 33 heavy (non-hydrogen) atoms. The summed E-state index contributed by atoms with van der Waals surface area (Å²) in [5.74, 6) is 0.814. The Morgan fingerprint density at radius 2 is 1.70 bits per heavy atom. The van der Waals surface area contributed by atoms with Crippen LogP contribution in [0.1, 0.15) is 25.7 Å². The lowest BCUT2D eigenvalue weighted by Crippen LogP contribution is -2.50. The van der Waals surface area contributed by atoms with E-state index >= 15 is 0 Å². The number of imidazole rings is 1. The van der Waals surface area contributed by atoms with Gasteiger partial charge in [-0.2, -0.15) is 0 Å². The third-order valence-corrected chi connectivity index (χ3v) is 7.43. The minimum atomic E-state index is 0.000804. The van der Waals surface area contributed by atoms with Crippen molar-refractivity contribution in [3.63, 3.8) is 0 Å². The van der Waals surface area contributed by atoms with Crippen molar-refractivity contribution < 1.29 is 4.79 Å². The van der Waals surface area contributed by atoms with E-state index in [1.807, 2.05) is 52.2 Å². The van der Waals surface area contributed by atoms with Gasteiger partial charge in [-0.3, -0.25) is 18.9 Å². The van der Waals surface area contributed by atoms with Gasteiger partial charge in [0.25, 0.3) is 0 Å². The zero-order valence-corrected chi connectivity index (χ0v) is 19.2. The molecule has 8 nitrogen and oxygen atoms in total. The van der Waals surface area contributed by atoms with Gasteiger partial charge in [-0.25, -0.2) is 4.79 Å². The number of aryl methyl sites for hydroxylation is 1. The quantitative estimate of drug-likeness (QED) is 0.620. The highest BCUT2D eigenvalue weighted by Gasteiger charge is 2.31. The van der Waals surface area contributed by atoms with Crippen molar-refractivity contribution in [3.05, 3.63) is 53.2 Å². The van der Waals surface area contributed by atoms with Crippen LogP contribution >= 0.6 is 0 Å². The molecule has 8 heteroatoms. The van der Waals surface area contributed by atoms with Crippen LogP contribution in [-0.4, -0.2) is 51.1 Å². The van der Waals surface area contributed by atoms with Crippen LogP contribution in [0.3, 0.4) is 0 Å². The molecular formula is C25H32N6O2. The number of amides is 1. The Hall–Kier alpha value is -3.29. The lowest BCUT2D eigenvalue weighted by Gasteiger charge is -2.38. The molecule has 1 aliphatic heterocycles. The first-order valence-electron chi connectivity index (χ1n) is 11.9. The van der Waals surface area contributed by atoms with Crippen LogP contribution in [0, 0.1) is 11.8 Å². The molecule has 2 aromatic heterocycles. The van der Waals surface area contributed by atoms with Crippen molar-refractivity contribution in [2.75, 3.05) is 36.8 Å². The topological polar surface area (TPSA) is 89.4 Å². The largest absolute Gasteiger partial charge is 0.399 e. The summed E-state index contributed by atoms with van der Waals surface area (Å²) in [5.41, 5.74) is 9.62. The van der Waals surface area contributed by atoms with E-state index in [0.717, 1.165) is 62.9 Å². The predicted octanol–water partition coefficient (Wildman–Crippen LogP) is 2.47. The number of hydrogen-bond acceptors (Lipinski definition) is 5.